The zero-order valence-electron chi connectivity index (χ0n) is 21.1. The lowest BCUT2D eigenvalue weighted by Crippen LogP contribution is -2.51. The largest absolute Gasteiger partial charge is 0.465 e. The second kappa shape index (κ2) is 7.95. The van der Waals surface area contributed by atoms with Gasteiger partial charge in [0.05, 0.1) is 12.5 Å². The van der Waals surface area contributed by atoms with E-state index in [0.717, 1.165) is 49.4 Å². The van der Waals surface area contributed by atoms with Gasteiger partial charge in [-0.15, -0.1) is 0 Å². The van der Waals surface area contributed by atoms with E-state index in [4.69, 9.17) is 4.74 Å². The molecule has 0 saturated heterocycles. The molecule has 33 heavy (non-hydrogen) atoms. The number of hydrogen-bond acceptors (Lipinski definition) is 3. The molecule has 0 aromatic carbocycles. The third-order valence-corrected chi connectivity index (χ3v) is 12.3. The molecule has 0 N–H and O–H groups in total. The van der Waals surface area contributed by atoms with Crippen LogP contribution in [0.5, 0.6) is 0 Å². The Labute approximate surface area is 200 Å². The molecule has 6 aliphatic carbocycles. The Kier molecular flexibility index (Phi) is 5.39. The number of ether oxygens (including phenoxy) is 1. The van der Waals surface area contributed by atoms with Crippen LogP contribution in [0, 0.1) is 58.2 Å². The first-order valence-corrected chi connectivity index (χ1v) is 14.2. The number of esters is 1. The molecule has 10 atom stereocenters. The zero-order chi connectivity index (χ0) is 23.0. The molecule has 3 heteroatoms. The van der Waals surface area contributed by atoms with Crippen LogP contribution in [0.25, 0.3) is 0 Å². The van der Waals surface area contributed by atoms with Gasteiger partial charge in [0.2, 0.25) is 0 Å². The van der Waals surface area contributed by atoms with Crippen molar-refractivity contribution in [3.8, 4) is 0 Å². The van der Waals surface area contributed by atoms with Gasteiger partial charge in [-0.2, -0.15) is 0 Å². The summed E-state index contributed by atoms with van der Waals surface area (Å²) in [7, 11) is 0. The maximum atomic E-state index is 12.8. The molecular formula is C30H44O3. The van der Waals surface area contributed by atoms with E-state index in [2.05, 4.69) is 20.8 Å². The summed E-state index contributed by atoms with van der Waals surface area (Å²) in [6.45, 7) is 8.04. The number of hydrogen-bond donors (Lipinski definition) is 0. The summed E-state index contributed by atoms with van der Waals surface area (Å²) in [5, 5.41) is 0. The van der Waals surface area contributed by atoms with Crippen molar-refractivity contribution in [2.24, 2.45) is 58.2 Å². The lowest BCUT2D eigenvalue weighted by Gasteiger charge is -2.58. The van der Waals surface area contributed by atoms with Gasteiger partial charge in [-0.25, -0.2) is 0 Å². The minimum Gasteiger partial charge on any atom is -0.465 e. The predicted molar refractivity (Wildman–Crippen MR) is 129 cm³/mol. The fourth-order valence-corrected chi connectivity index (χ4v) is 10.5. The molecule has 0 aromatic heterocycles. The zero-order valence-corrected chi connectivity index (χ0v) is 21.1. The molecule has 182 valence electrons. The molecule has 6 rings (SSSR count). The van der Waals surface area contributed by atoms with Gasteiger partial charge in [-0.1, -0.05) is 32.8 Å². The molecule has 0 aliphatic heterocycles. The Morgan fingerprint density at radius 3 is 2.64 bits per heavy atom. The van der Waals surface area contributed by atoms with Crippen molar-refractivity contribution in [2.75, 3.05) is 6.61 Å². The molecule has 0 spiro atoms. The molecule has 0 amide bonds. The average Bonchev–Trinajstić information content (AvgIpc) is 3.51. The van der Waals surface area contributed by atoms with Crippen molar-refractivity contribution < 1.29 is 14.3 Å². The summed E-state index contributed by atoms with van der Waals surface area (Å²) in [6.07, 6.45) is 16.5. The van der Waals surface area contributed by atoms with Crippen LogP contribution in [0.4, 0.5) is 0 Å². The Balaban J connectivity index is 1.12. The van der Waals surface area contributed by atoms with Gasteiger partial charge in [0, 0.05) is 6.42 Å². The van der Waals surface area contributed by atoms with E-state index in [0.29, 0.717) is 35.6 Å². The molecule has 3 nitrogen and oxygen atoms in total. The third-order valence-electron chi connectivity index (χ3n) is 12.3. The van der Waals surface area contributed by atoms with Crippen molar-refractivity contribution >= 4 is 11.8 Å². The van der Waals surface area contributed by atoms with Crippen LogP contribution in [0.3, 0.4) is 0 Å². The predicted octanol–water partition coefficient (Wildman–Crippen LogP) is 6.75. The Morgan fingerprint density at radius 2 is 1.88 bits per heavy atom. The summed E-state index contributed by atoms with van der Waals surface area (Å²) in [5.74, 6) is 5.59. The summed E-state index contributed by atoms with van der Waals surface area (Å²) in [4.78, 5) is 24.9. The number of fused-ring (bicyclic) bond motifs is 7. The molecule has 2 bridgehead atoms. The highest BCUT2D eigenvalue weighted by molar-refractivity contribution is 5.91. The maximum absolute atomic E-state index is 12.8. The standard InChI is InChI=1S/C30H44O3/c1-18(17-33-28(32)24-15-19-4-5-20(24)14-19)25-8-9-26-23-7-6-21-16-22(31)10-12-29(21,2)27(23)11-13-30(25,26)3/h16,18-20,23-27H,4-15,17H2,1-3H3/t18?,19?,20?,23-,24?,25+,26-,27-,29-,30+/m0/s1. The summed E-state index contributed by atoms with van der Waals surface area (Å²) in [6, 6.07) is 0. The average molecular weight is 453 g/mol. The van der Waals surface area contributed by atoms with E-state index in [9.17, 15) is 9.59 Å². The Bertz CT molecular complexity index is 859. The number of carbonyl (C=O) groups excluding carboxylic acids is 2. The van der Waals surface area contributed by atoms with Crippen LogP contribution < -0.4 is 0 Å². The van der Waals surface area contributed by atoms with E-state index in [1.165, 1.54) is 56.9 Å². The number of ketones is 1. The number of rotatable bonds is 4. The van der Waals surface area contributed by atoms with Gasteiger partial charge >= 0.3 is 5.97 Å². The lowest BCUT2D eigenvalue weighted by molar-refractivity contribution is -0.153. The minimum atomic E-state index is 0.115. The van der Waals surface area contributed by atoms with Crippen LogP contribution in [-0.2, 0) is 14.3 Å². The fourth-order valence-electron chi connectivity index (χ4n) is 10.5. The first-order chi connectivity index (χ1) is 15.8. The Hall–Kier alpha value is -1.12. The highest BCUT2D eigenvalue weighted by Crippen LogP contribution is 2.67. The minimum absolute atomic E-state index is 0.115. The summed E-state index contributed by atoms with van der Waals surface area (Å²) in [5.41, 5.74) is 2.12. The van der Waals surface area contributed by atoms with Gasteiger partial charge in [0.25, 0.3) is 0 Å². The molecule has 5 fully saturated rings. The molecule has 0 heterocycles. The number of carbonyl (C=O) groups is 2. The first-order valence-electron chi connectivity index (χ1n) is 14.2. The highest BCUT2D eigenvalue weighted by Gasteiger charge is 2.59. The Morgan fingerprint density at radius 1 is 1.03 bits per heavy atom. The SMILES string of the molecule is CC(COC(=O)C1CC2CCC1C2)[C@H]1CC[C@H]2[C@@H]3CCC4=CC(=O)CC[C@]4(C)[C@H]3CC[C@]12C. The van der Waals surface area contributed by atoms with Crippen LogP contribution >= 0.6 is 0 Å². The van der Waals surface area contributed by atoms with Crippen molar-refractivity contribution in [1.29, 1.82) is 0 Å². The monoisotopic (exact) mass is 452 g/mol. The topological polar surface area (TPSA) is 43.4 Å². The second-order valence-corrected chi connectivity index (χ2v) is 13.6. The normalized spacial score (nSPS) is 49.1. The van der Waals surface area contributed by atoms with Gasteiger partial charge in [0.15, 0.2) is 5.78 Å². The number of allylic oxidation sites excluding steroid dienone is 1. The van der Waals surface area contributed by atoms with Gasteiger partial charge < -0.3 is 4.74 Å². The maximum Gasteiger partial charge on any atom is 0.309 e. The molecule has 4 unspecified atom stereocenters. The van der Waals surface area contributed by atoms with E-state index in [1.807, 2.05) is 6.08 Å². The van der Waals surface area contributed by atoms with Crippen molar-refractivity contribution in [1.82, 2.24) is 0 Å². The highest BCUT2D eigenvalue weighted by atomic mass is 16.5. The smallest absolute Gasteiger partial charge is 0.309 e. The van der Waals surface area contributed by atoms with E-state index < -0.39 is 0 Å². The van der Waals surface area contributed by atoms with E-state index in [-0.39, 0.29) is 17.3 Å². The van der Waals surface area contributed by atoms with Gasteiger partial charge in [-0.05, 0) is 123 Å². The third kappa shape index (κ3) is 3.41. The van der Waals surface area contributed by atoms with Crippen LogP contribution in [-0.4, -0.2) is 18.4 Å². The van der Waals surface area contributed by atoms with Crippen molar-refractivity contribution in [3.63, 3.8) is 0 Å². The van der Waals surface area contributed by atoms with E-state index >= 15 is 0 Å². The first kappa shape index (κ1) is 22.4. The molecule has 5 saturated carbocycles. The summed E-state index contributed by atoms with van der Waals surface area (Å²) < 4.78 is 6.00. The summed E-state index contributed by atoms with van der Waals surface area (Å²) >= 11 is 0. The lowest BCUT2D eigenvalue weighted by atomic mass is 9.46. The van der Waals surface area contributed by atoms with Gasteiger partial charge in [0.1, 0.15) is 0 Å². The van der Waals surface area contributed by atoms with Crippen LogP contribution in [0.1, 0.15) is 97.8 Å². The van der Waals surface area contributed by atoms with Crippen LogP contribution in [0.2, 0.25) is 0 Å². The molecule has 0 radical (unpaired) electrons. The quantitative estimate of drug-likeness (QED) is 0.443. The van der Waals surface area contributed by atoms with Crippen molar-refractivity contribution in [3.05, 3.63) is 11.6 Å². The van der Waals surface area contributed by atoms with Crippen LogP contribution in [0.15, 0.2) is 11.6 Å². The molecular weight excluding hydrogens is 408 g/mol. The molecule has 0 aromatic rings. The van der Waals surface area contributed by atoms with Crippen molar-refractivity contribution in [2.45, 2.75) is 97.8 Å². The van der Waals surface area contributed by atoms with Gasteiger partial charge in [-0.3, -0.25) is 9.59 Å². The van der Waals surface area contributed by atoms with E-state index in [1.54, 1.807) is 0 Å². The fraction of sp³-hybridized carbons (Fsp3) is 0.867. The molecule has 6 aliphatic rings. The second-order valence-electron chi connectivity index (χ2n) is 13.6.